The summed E-state index contributed by atoms with van der Waals surface area (Å²) >= 11 is 0. The Labute approximate surface area is 159 Å². The highest BCUT2D eigenvalue weighted by molar-refractivity contribution is 5.98. The molecule has 2 amide bonds. The molecule has 0 atom stereocenters. The Balaban J connectivity index is 1.68. The number of nitrogens with zero attached hydrogens (tertiary/aromatic N) is 1. The maximum atomic E-state index is 13.2. The van der Waals surface area contributed by atoms with Gasteiger partial charge in [0, 0.05) is 12.7 Å². The van der Waals surface area contributed by atoms with Gasteiger partial charge in [0.2, 0.25) is 11.8 Å². The summed E-state index contributed by atoms with van der Waals surface area (Å²) in [5.41, 5.74) is 4.14. The summed E-state index contributed by atoms with van der Waals surface area (Å²) in [6, 6.07) is 10.1. The zero-order valence-corrected chi connectivity index (χ0v) is 16.2. The van der Waals surface area contributed by atoms with E-state index in [0.717, 1.165) is 40.8 Å². The van der Waals surface area contributed by atoms with Crippen molar-refractivity contribution in [3.05, 3.63) is 64.5 Å². The molecule has 0 aromatic heterocycles. The number of carbonyl (C=O) groups is 2. The monoisotopic (exact) mass is 368 g/mol. The van der Waals surface area contributed by atoms with Crippen molar-refractivity contribution < 1.29 is 14.0 Å². The van der Waals surface area contributed by atoms with Crippen LogP contribution >= 0.6 is 0 Å². The average Bonchev–Trinajstić information content (AvgIpc) is 3.39. The summed E-state index contributed by atoms with van der Waals surface area (Å²) < 4.78 is 13.2. The molecule has 2 aromatic rings. The van der Waals surface area contributed by atoms with Crippen molar-refractivity contribution in [3.8, 4) is 0 Å². The van der Waals surface area contributed by atoms with Crippen LogP contribution in [-0.4, -0.2) is 30.3 Å². The number of nitrogens with one attached hydrogen (secondary N) is 1. The van der Waals surface area contributed by atoms with Crippen molar-refractivity contribution in [1.29, 1.82) is 0 Å². The van der Waals surface area contributed by atoms with E-state index >= 15 is 0 Å². The molecule has 0 radical (unpaired) electrons. The Bertz CT molecular complexity index is 863. The third-order valence-corrected chi connectivity index (χ3v) is 5.23. The van der Waals surface area contributed by atoms with Gasteiger partial charge in [0.15, 0.2) is 0 Å². The van der Waals surface area contributed by atoms with E-state index in [1.54, 1.807) is 19.2 Å². The molecule has 27 heavy (non-hydrogen) atoms. The van der Waals surface area contributed by atoms with Gasteiger partial charge >= 0.3 is 0 Å². The van der Waals surface area contributed by atoms with Crippen LogP contribution in [0.4, 0.5) is 10.1 Å². The largest absolute Gasteiger partial charge is 0.336 e. The first-order valence-electron chi connectivity index (χ1n) is 9.12. The lowest BCUT2D eigenvalue weighted by atomic mass is 9.94. The number of rotatable bonds is 5. The van der Waals surface area contributed by atoms with E-state index in [1.165, 1.54) is 17.0 Å². The fraction of sp³-hybridized carbons (Fsp3) is 0.364. The Hall–Kier alpha value is -2.69. The topological polar surface area (TPSA) is 49.4 Å². The number of benzene rings is 2. The molecule has 1 fully saturated rings. The molecule has 5 heteroatoms. The summed E-state index contributed by atoms with van der Waals surface area (Å²) in [5, 5.41) is 2.93. The predicted octanol–water partition coefficient (Wildman–Crippen LogP) is 3.88. The molecule has 142 valence electrons. The van der Waals surface area contributed by atoms with Gasteiger partial charge in [0.25, 0.3) is 0 Å². The molecule has 0 heterocycles. The van der Waals surface area contributed by atoms with Gasteiger partial charge in [-0.3, -0.25) is 9.59 Å². The van der Waals surface area contributed by atoms with E-state index in [-0.39, 0.29) is 24.2 Å². The number of anilines is 1. The predicted molar refractivity (Wildman–Crippen MR) is 104 cm³/mol. The molecule has 4 nitrogen and oxygen atoms in total. The van der Waals surface area contributed by atoms with E-state index < -0.39 is 5.41 Å². The van der Waals surface area contributed by atoms with Gasteiger partial charge in [0.05, 0.1) is 12.0 Å². The van der Waals surface area contributed by atoms with E-state index in [2.05, 4.69) is 5.32 Å². The number of hydrogen-bond acceptors (Lipinski definition) is 2. The molecule has 1 saturated carbocycles. The van der Waals surface area contributed by atoms with Crippen molar-refractivity contribution in [1.82, 2.24) is 4.90 Å². The molecular formula is C22H25FN2O2. The Morgan fingerprint density at radius 2 is 1.63 bits per heavy atom. The standard InChI is InChI=1S/C22H25FN2O2/c1-14-11-15(2)20(16(3)12-14)24-19(26)13-25(4)21(27)22(9-10-22)17-5-7-18(23)8-6-17/h5-8,11-12H,9-10,13H2,1-4H3,(H,24,26). The summed E-state index contributed by atoms with van der Waals surface area (Å²) in [4.78, 5) is 26.9. The molecule has 0 bridgehead atoms. The molecule has 1 aliphatic rings. The third kappa shape index (κ3) is 3.87. The molecule has 0 spiro atoms. The SMILES string of the molecule is Cc1cc(C)c(NC(=O)CN(C)C(=O)C2(c3ccc(F)cc3)CC2)c(C)c1. The van der Waals surface area contributed by atoms with Crippen LogP contribution in [0.25, 0.3) is 0 Å². The number of likely N-dealkylation sites (N-methyl/N-ethyl adjacent to an activating group) is 1. The third-order valence-electron chi connectivity index (χ3n) is 5.23. The minimum atomic E-state index is -0.613. The Kier molecular flexibility index (Phi) is 5.05. The molecule has 0 saturated heterocycles. The molecule has 3 rings (SSSR count). The van der Waals surface area contributed by atoms with E-state index in [9.17, 15) is 14.0 Å². The lowest BCUT2D eigenvalue weighted by Gasteiger charge is -2.24. The summed E-state index contributed by atoms with van der Waals surface area (Å²) in [6.07, 6.45) is 1.44. The fourth-order valence-corrected chi connectivity index (χ4v) is 3.73. The van der Waals surface area contributed by atoms with Crippen LogP contribution in [0.2, 0.25) is 0 Å². The summed E-state index contributed by atoms with van der Waals surface area (Å²) in [6.45, 7) is 5.91. The van der Waals surface area contributed by atoms with Gasteiger partial charge in [-0.05, 0) is 62.4 Å². The molecular weight excluding hydrogens is 343 g/mol. The second-order valence-corrected chi connectivity index (χ2v) is 7.57. The van der Waals surface area contributed by atoms with Crippen molar-refractivity contribution in [2.45, 2.75) is 39.0 Å². The highest BCUT2D eigenvalue weighted by Gasteiger charge is 2.52. The quantitative estimate of drug-likeness (QED) is 0.871. The first-order valence-corrected chi connectivity index (χ1v) is 9.12. The van der Waals surface area contributed by atoms with E-state index in [1.807, 2.05) is 32.9 Å². The van der Waals surface area contributed by atoms with Gasteiger partial charge in [-0.15, -0.1) is 0 Å². The highest BCUT2D eigenvalue weighted by Crippen LogP contribution is 2.49. The number of aryl methyl sites for hydroxylation is 3. The van der Waals surface area contributed by atoms with Crippen molar-refractivity contribution in [2.75, 3.05) is 18.9 Å². The number of amides is 2. The van der Waals surface area contributed by atoms with Crippen LogP contribution in [-0.2, 0) is 15.0 Å². The van der Waals surface area contributed by atoms with Crippen LogP contribution < -0.4 is 5.32 Å². The van der Waals surface area contributed by atoms with Gasteiger partial charge < -0.3 is 10.2 Å². The Morgan fingerprint density at radius 3 is 2.15 bits per heavy atom. The van der Waals surface area contributed by atoms with Gasteiger partial charge in [-0.1, -0.05) is 29.8 Å². The van der Waals surface area contributed by atoms with Gasteiger partial charge in [-0.2, -0.15) is 0 Å². The molecule has 1 N–H and O–H groups in total. The molecule has 0 aliphatic heterocycles. The number of hydrogen-bond donors (Lipinski definition) is 1. The van der Waals surface area contributed by atoms with Crippen molar-refractivity contribution in [3.63, 3.8) is 0 Å². The van der Waals surface area contributed by atoms with E-state index in [0.29, 0.717) is 0 Å². The lowest BCUT2D eigenvalue weighted by Crippen LogP contribution is -2.41. The molecule has 1 aliphatic carbocycles. The zero-order chi connectivity index (χ0) is 19.8. The highest BCUT2D eigenvalue weighted by atomic mass is 19.1. The maximum absolute atomic E-state index is 13.2. The zero-order valence-electron chi connectivity index (χ0n) is 16.2. The molecule has 2 aromatic carbocycles. The van der Waals surface area contributed by atoms with Crippen LogP contribution in [0.1, 0.15) is 35.1 Å². The maximum Gasteiger partial charge on any atom is 0.243 e. The normalized spacial score (nSPS) is 14.6. The second-order valence-electron chi connectivity index (χ2n) is 7.57. The first-order chi connectivity index (χ1) is 12.7. The van der Waals surface area contributed by atoms with Crippen LogP contribution in [0, 0.1) is 26.6 Å². The minimum absolute atomic E-state index is 0.0193. The number of carbonyl (C=O) groups excluding carboxylic acids is 2. The smallest absolute Gasteiger partial charge is 0.243 e. The van der Waals surface area contributed by atoms with Gasteiger partial charge in [0.1, 0.15) is 5.82 Å². The average molecular weight is 368 g/mol. The van der Waals surface area contributed by atoms with Crippen LogP contribution in [0.5, 0.6) is 0 Å². The van der Waals surface area contributed by atoms with Gasteiger partial charge in [-0.25, -0.2) is 4.39 Å². The number of halogens is 1. The Morgan fingerprint density at radius 1 is 1.07 bits per heavy atom. The lowest BCUT2D eigenvalue weighted by molar-refractivity contribution is -0.135. The van der Waals surface area contributed by atoms with Crippen LogP contribution in [0.3, 0.4) is 0 Å². The summed E-state index contributed by atoms with van der Waals surface area (Å²) in [7, 11) is 1.64. The van der Waals surface area contributed by atoms with Crippen molar-refractivity contribution >= 4 is 17.5 Å². The van der Waals surface area contributed by atoms with Crippen LogP contribution in [0.15, 0.2) is 36.4 Å². The van der Waals surface area contributed by atoms with Crippen molar-refractivity contribution in [2.24, 2.45) is 0 Å². The minimum Gasteiger partial charge on any atom is -0.336 e. The molecule has 0 unspecified atom stereocenters. The second kappa shape index (κ2) is 7.14. The first kappa shape index (κ1) is 19.1. The van der Waals surface area contributed by atoms with E-state index in [4.69, 9.17) is 0 Å². The summed E-state index contributed by atoms with van der Waals surface area (Å²) in [5.74, 6) is -0.643. The fourth-order valence-electron chi connectivity index (χ4n) is 3.73.